The van der Waals surface area contributed by atoms with Gasteiger partial charge in [0.25, 0.3) is 5.91 Å². The maximum Gasteiger partial charge on any atom is 0.251 e. The smallest absolute Gasteiger partial charge is 0.251 e. The van der Waals surface area contributed by atoms with Gasteiger partial charge in [0.1, 0.15) is 5.82 Å². The molecule has 1 amide bonds. The third kappa shape index (κ3) is 4.14. The van der Waals surface area contributed by atoms with Crippen molar-refractivity contribution in [3.05, 3.63) is 60.0 Å². The van der Waals surface area contributed by atoms with Crippen LogP contribution in [-0.2, 0) is 21.2 Å². The number of nitrogens with one attached hydrogen (secondary N) is 1. The summed E-state index contributed by atoms with van der Waals surface area (Å²) in [5.74, 6) is 0.488. The van der Waals surface area contributed by atoms with Gasteiger partial charge in [0.05, 0.1) is 18.1 Å². The molecule has 0 aliphatic carbocycles. The second-order valence-corrected chi connectivity index (χ2v) is 8.53. The Hall–Kier alpha value is -2.82. The van der Waals surface area contributed by atoms with Crippen molar-refractivity contribution in [3.63, 3.8) is 0 Å². The Labute approximate surface area is 168 Å². The van der Waals surface area contributed by atoms with E-state index in [1.165, 1.54) is 28.6 Å². The number of aromatic nitrogens is 3. The molecule has 1 fully saturated rings. The van der Waals surface area contributed by atoms with E-state index < -0.39 is 10.0 Å². The third-order valence-electron chi connectivity index (χ3n) is 4.74. The highest BCUT2D eigenvalue weighted by Crippen LogP contribution is 2.17. The summed E-state index contributed by atoms with van der Waals surface area (Å²) in [6.45, 7) is 1.84. The quantitative estimate of drug-likeness (QED) is 0.636. The highest BCUT2D eigenvalue weighted by molar-refractivity contribution is 7.89. The molecule has 152 valence electrons. The molecule has 1 saturated heterocycles. The molecule has 0 spiro atoms. The van der Waals surface area contributed by atoms with Crippen LogP contribution < -0.4 is 5.32 Å². The van der Waals surface area contributed by atoms with Gasteiger partial charge >= 0.3 is 0 Å². The Balaban J connectivity index is 1.36. The fraction of sp³-hybridized carbons (Fsp3) is 0.316. The van der Waals surface area contributed by atoms with Gasteiger partial charge < -0.3 is 10.1 Å². The molecule has 9 nitrogen and oxygen atoms in total. The first-order valence-electron chi connectivity index (χ1n) is 9.30. The maximum atomic E-state index is 12.6. The van der Waals surface area contributed by atoms with Crippen molar-refractivity contribution < 1.29 is 17.9 Å². The number of amides is 1. The standard InChI is InChI=1S/C19H21N5O4S/c25-19(20-9-8-18-22-21-17-3-1-2-10-24(17)18)15-4-6-16(7-5-15)29(26,27)23-11-13-28-14-12-23/h1-7,10H,8-9,11-14H2,(H,20,25). The van der Waals surface area contributed by atoms with Crippen LogP contribution in [0.3, 0.4) is 0 Å². The number of ether oxygens (including phenoxy) is 1. The first-order valence-corrected chi connectivity index (χ1v) is 10.7. The summed E-state index contributed by atoms with van der Waals surface area (Å²) in [5.41, 5.74) is 1.16. The number of carbonyl (C=O) groups is 1. The van der Waals surface area contributed by atoms with Crippen LogP contribution in [0.25, 0.3) is 5.65 Å². The summed E-state index contributed by atoms with van der Waals surface area (Å²) >= 11 is 0. The van der Waals surface area contributed by atoms with Crippen LogP contribution in [0.5, 0.6) is 0 Å². The fourth-order valence-electron chi connectivity index (χ4n) is 3.17. The van der Waals surface area contributed by atoms with E-state index in [4.69, 9.17) is 4.74 Å². The number of nitrogens with zero attached hydrogens (tertiary/aromatic N) is 4. The van der Waals surface area contributed by atoms with Gasteiger partial charge in [0, 0.05) is 37.8 Å². The average molecular weight is 415 g/mol. The van der Waals surface area contributed by atoms with Gasteiger partial charge in [0.15, 0.2) is 5.65 Å². The molecule has 1 N–H and O–H groups in total. The molecule has 1 aliphatic rings. The Kier molecular flexibility index (Phi) is 5.56. The van der Waals surface area contributed by atoms with Gasteiger partial charge in [-0.05, 0) is 36.4 Å². The molecule has 3 heterocycles. The van der Waals surface area contributed by atoms with Crippen LogP contribution in [0.4, 0.5) is 0 Å². The number of sulfonamides is 1. The Morgan fingerprint density at radius 3 is 2.59 bits per heavy atom. The fourth-order valence-corrected chi connectivity index (χ4v) is 4.57. The molecular formula is C19H21N5O4S. The van der Waals surface area contributed by atoms with Gasteiger partial charge in [-0.2, -0.15) is 4.31 Å². The van der Waals surface area contributed by atoms with Crippen molar-refractivity contribution in [1.82, 2.24) is 24.2 Å². The monoisotopic (exact) mass is 415 g/mol. The highest BCUT2D eigenvalue weighted by Gasteiger charge is 2.26. The van der Waals surface area contributed by atoms with E-state index in [0.717, 1.165) is 11.5 Å². The summed E-state index contributed by atoms with van der Waals surface area (Å²) in [5, 5.41) is 11.0. The van der Waals surface area contributed by atoms with Gasteiger partial charge in [-0.1, -0.05) is 6.07 Å². The van der Waals surface area contributed by atoms with E-state index in [2.05, 4.69) is 15.5 Å². The second kappa shape index (κ2) is 8.27. The van der Waals surface area contributed by atoms with Crippen LogP contribution in [0.2, 0.25) is 0 Å². The second-order valence-electron chi connectivity index (χ2n) is 6.59. The van der Waals surface area contributed by atoms with E-state index in [1.54, 1.807) is 0 Å². The molecule has 10 heteroatoms. The van der Waals surface area contributed by atoms with E-state index in [-0.39, 0.29) is 10.8 Å². The zero-order valence-electron chi connectivity index (χ0n) is 15.7. The minimum absolute atomic E-state index is 0.172. The zero-order valence-corrected chi connectivity index (χ0v) is 16.5. The lowest BCUT2D eigenvalue weighted by atomic mass is 10.2. The molecule has 0 bridgehead atoms. The summed E-state index contributed by atoms with van der Waals surface area (Å²) < 4.78 is 33.7. The molecule has 2 aromatic heterocycles. The van der Waals surface area contributed by atoms with Gasteiger partial charge in [0.2, 0.25) is 10.0 Å². The summed E-state index contributed by atoms with van der Waals surface area (Å²) in [4.78, 5) is 12.5. The van der Waals surface area contributed by atoms with Gasteiger partial charge in [-0.25, -0.2) is 8.42 Å². The SMILES string of the molecule is O=C(NCCc1nnc2ccccn12)c1ccc(S(=O)(=O)N2CCOCC2)cc1. The number of fused-ring (bicyclic) bond motifs is 1. The largest absolute Gasteiger partial charge is 0.379 e. The average Bonchev–Trinajstić information content (AvgIpc) is 3.17. The lowest BCUT2D eigenvalue weighted by Gasteiger charge is -2.26. The van der Waals surface area contributed by atoms with Gasteiger partial charge in [-0.3, -0.25) is 9.20 Å². The maximum absolute atomic E-state index is 12.6. The third-order valence-corrected chi connectivity index (χ3v) is 6.66. The predicted molar refractivity (Wildman–Crippen MR) is 105 cm³/mol. The van der Waals surface area contributed by atoms with Crippen LogP contribution in [-0.4, -0.2) is 66.1 Å². The van der Waals surface area contributed by atoms with Crippen molar-refractivity contribution in [3.8, 4) is 0 Å². The number of pyridine rings is 1. The minimum atomic E-state index is -3.57. The summed E-state index contributed by atoms with van der Waals surface area (Å²) in [7, 11) is -3.57. The van der Waals surface area contributed by atoms with Crippen LogP contribution in [0.1, 0.15) is 16.2 Å². The number of morpholine rings is 1. The normalized spacial score (nSPS) is 15.4. The number of carbonyl (C=O) groups excluding carboxylic acids is 1. The van der Waals surface area contributed by atoms with E-state index in [1.807, 2.05) is 28.8 Å². The molecule has 0 atom stereocenters. The van der Waals surface area contributed by atoms with Crippen molar-refractivity contribution in [1.29, 1.82) is 0 Å². The lowest BCUT2D eigenvalue weighted by Crippen LogP contribution is -2.40. The minimum Gasteiger partial charge on any atom is -0.379 e. The molecule has 1 aromatic carbocycles. The van der Waals surface area contributed by atoms with Crippen LogP contribution >= 0.6 is 0 Å². The topological polar surface area (TPSA) is 106 Å². The molecule has 0 radical (unpaired) electrons. The summed E-state index contributed by atoms with van der Waals surface area (Å²) in [6, 6.07) is 11.6. The van der Waals surface area contributed by atoms with Crippen molar-refractivity contribution in [2.24, 2.45) is 0 Å². The van der Waals surface area contributed by atoms with Crippen LogP contribution in [0, 0.1) is 0 Å². The molecule has 29 heavy (non-hydrogen) atoms. The zero-order chi connectivity index (χ0) is 20.3. The van der Waals surface area contributed by atoms with E-state index in [9.17, 15) is 13.2 Å². The number of rotatable bonds is 6. The first kappa shape index (κ1) is 19.5. The molecule has 0 saturated carbocycles. The highest BCUT2D eigenvalue weighted by atomic mass is 32.2. The van der Waals surface area contributed by atoms with Crippen molar-refractivity contribution in [2.45, 2.75) is 11.3 Å². The number of hydrogen-bond donors (Lipinski definition) is 1. The Morgan fingerprint density at radius 2 is 1.83 bits per heavy atom. The number of hydrogen-bond acceptors (Lipinski definition) is 6. The van der Waals surface area contributed by atoms with E-state index >= 15 is 0 Å². The van der Waals surface area contributed by atoms with Crippen LogP contribution in [0.15, 0.2) is 53.6 Å². The van der Waals surface area contributed by atoms with Gasteiger partial charge in [-0.15, -0.1) is 10.2 Å². The molecule has 1 aliphatic heterocycles. The predicted octanol–water partition coefficient (Wildman–Crippen LogP) is 0.723. The summed E-state index contributed by atoms with van der Waals surface area (Å²) in [6.07, 6.45) is 2.40. The van der Waals surface area contributed by atoms with Crippen molar-refractivity contribution >= 4 is 21.6 Å². The molecule has 4 rings (SSSR count). The Morgan fingerprint density at radius 1 is 1.07 bits per heavy atom. The number of benzene rings is 1. The Bertz CT molecular complexity index is 1110. The van der Waals surface area contributed by atoms with Crippen molar-refractivity contribution in [2.75, 3.05) is 32.8 Å². The molecule has 0 unspecified atom stereocenters. The molecular weight excluding hydrogens is 394 g/mol. The first-order chi connectivity index (χ1) is 14.1. The van der Waals surface area contributed by atoms with E-state index in [0.29, 0.717) is 44.8 Å². The molecule has 3 aromatic rings. The lowest BCUT2D eigenvalue weighted by molar-refractivity contribution is 0.0730.